The van der Waals surface area contributed by atoms with Crippen molar-refractivity contribution in [2.45, 2.75) is 6.42 Å². The van der Waals surface area contributed by atoms with Crippen LogP contribution in [-0.4, -0.2) is 14.8 Å². The monoisotopic (exact) mass is 361 g/mol. The van der Waals surface area contributed by atoms with Crippen LogP contribution in [0.3, 0.4) is 0 Å². The van der Waals surface area contributed by atoms with Crippen LogP contribution in [0.4, 0.5) is 0 Å². The van der Waals surface area contributed by atoms with Crippen LogP contribution in [0.25, 0.3) is 15.9 Å². The molecule has 0 unspecified atom stereocenters. The van der Waals surface area contributed by atoms with Crippen molar-refractivity contribution in [3.63, 3.8) is 0 Å². The Bertz CT molecular complexity index is 1050. The van der Waals surface area contributed by atoms with Crippen molar-refractivity contribution < 1.29 is 0 Å². The molecule has 0 saturated carbocycles. The lowest BCUT2D eigenvalue weighted by Gasteiger charge is -2.05. The van der Waals surface area contributed by atoms with Gasteiger partial charge >= 0.3 is 0 Å². The minimum atomic E-state index is -0.437. The van der Waals surface area contributed by atoms with Gasteiger partial charge in [-0.2, -0.15) is 9.78 Å². The van der Waals surface area contributed by atoms with Gasteiger partial charge in [0.05, 0.1) is 32.1 Å². The standard InChI is InChI=1S/C16H9Cl2N3OS/c17-11-8-19-21(16(22)15(11)18)10-4-5-12-13(7-10)23-14(20-12)6-9-2-1-3-9/h1-5,7-8H,6H2. The molecule has 0 bridgehead atoms. The van der Waals surface area contributed by atoms with Crippen LogP contribution in [0.5, 0.6) is 0 Å². The quantitative estimate of drug-likeness (QED) is 0.702. The summed E-state index contributed by atoms with van der Waals surface area (Å²) >= 11 is 13.3. The molecule has 7 heteroatoms. The molecule has 2 heterocycles. The molecule has 0 radical (unpaired) electrons. The summed E-state index contributed by atoms with van der Waals surface area (Å²) in [6, 6.07) is 5.57. The van der Waals surface area contributed by atoms with Crippen LogP contribution in [-0.2, 0) is 6.42 Å². The Labute approximate surface area is 145 Å². The third kappa shape index (κ3) is 2.61. The number of halogens is 2. The van der Waals surface area contributed by atoms with E-state index in [9.17, 15) is 4.79 Å². The second kappa shape index (κ2) is 5.60. The average Bonchev–Trinajstić information content (AvgIpc) is 2.90. The molecule has 3 aromatic rings. The van der Waals surface area contributed by atoms with Gasteiger partial charge in [-0.05, 0) is 23.8 Å². The molecule has 0 aliphatic heterocycles. The number of hydrogen-bond acceptors (Lipinski definition) is 4. The highest BCUT2D eigenvalue weighted by Crippen LogP contribution is 2.27. The van der Waals surface area contributed by atoms with E-state index in [1.54, 1.807) is 17.4 Å². The summed E-state index contributed by atoms with van der Waals surface area (Å²) in [6.45, 7) is 0. The maximum Gasteiger partial charge on any atom is 0.291 e. The Balaban J connectivity index is 1.76. The SMILES string of the molecule is O=c1c(Cl)c(Cl)cnn1-c1ccc2nc(CC3=CC=C3)sc2c1. The zero-order valence-electron chi connectivity index (χ0n) is 11.7. The van der Waals surface area contributed by atoms with Gasteiger partial charge in [-0.3, -0.25) is 4.79 Å². The third-order valence-corrected chi connectivity index (χ3v) is 5.28. The predicted octanol–water partition coefficient (Wildman–Crippen LogP) is 4.19. The van der Waals surface area contributed by atoms with E-state index in [-0.39, 0.29) is 10.0 Å². The Morgan fingerprint density at radius 2 is 2.09 bits per heavy atom. The second-order valence-electron chi connectivity index (χ2n) is 5.06. The fourth-order valence-corrected chi connectivity index (χ4v) is 3.58. The molecule has 0 atom stereocenters. The predicted molar refractivity (Wildman–Crippen MR) is 94.0 cm³/mol. The van der Waals surface area contributed by atoms with Gasteiger partial charge in [0.25, 0.3) is 5.56 Å². The number of allylic oxidation sites excluding steroid dienone is 4. The van der Waals surface area contributed by atoms with E-state index in [1.807, 2.05) is 18.2 Å². The molecule has 4 rings (SSSR count). The van der Waals surface area contributed by atoms with Crippen molar-refractivity contribution in [3.8, 4) is 5.69 Å². The molecule has 1 aromatic carbocycles. The van der Waals surface area contributed by atoms with Gasteiger partial charge in [0.2, 0.25) is 0 Å². The average molecular weight is 362 g/mol. The van der Waals surface area contributed by atoms with Gasteiger partial charge in [-0.15, -0.1) is 11.3 Å². The Morgan fingerprint density at radius 3 is 2.83 bits per heavy atom. The van der Waals surface area contributed by atoms with Gasteiger partial charge in [0.1, 0.15) is 5.02 Å². The molecule has 0 N–H and O–H groups in total. The molecule has 4 nitrogen and oxygen atoms in total. The van der Waals surface area contributed by atoms with E-state index < -0.39 is 5.56 Å². The number of aromatic nitrogens is 3. The van der Waals surface area contributed by atoms with Crippen molar-refractivity contribution in [2.75, 3.05) is 0 Å². The lowest BCUT2D eigenvalue weighted by molar-refractivity contribution is 0.808. The highest BCUT2D eigenvalue weighted by atomic mass is 35.5. The molecule has 0 fully saturated rings. The number of benzene rings is 1. The molecule has 0 saturated heterocycles. The Morgan fingerprint density at radius 1 is 1.26 bits per heavy atom. The van der Waals surface area contributed by atoms with Gasteiger partial charge in [0, 0.05) is 6.42 Å². The lowest BCUT2D eigenvalue weighted by atomic mass is 10.1. The molecule has 114 valence electrons. The van der Waals surface area contributed by atoms with Crippen LogP contribution in [0, 0.1) is 0 Å². The maximum atomic E-state index is 12.2. The minimum absolute atomic E-state index is 0.0320. The van der Waals surface area contributed by atoms with Crippen molar-refractivity contribution >= 4 is 44.8 Å². The highest BCUT2D eigenvalue weighted by molar-refractivity contribution is 7.18. The van der Waals surface area contributed by atoms with Crippen molar-refractivity contribution in [1.29, 1.82) is 0 Å². The number of nitrogens with zero attached hydrogens (tertiary/aromatic N) is 3. The van der Waals surface area contributed by atoms with Gasteiger partial charge in [-0.1, -0.05) is 41.4 Å². The van der Waals surface area contributed by atoms with E-state index in [0.29, 0.717) is 5.69 Å². The molecular formula is C16H9Cl2N3OS. The summed E-state index contributed by atoms with van der Waals surface area (Å²) < 4.78 is 2.24. The lowest BCUT2D eigenvalue weighted by Crippen LogP contribution is -2.21. The fraction of sp³-hybridized carbons (Fsp3) is 0.0625. The fourth-order valence-electron chi connectivity index (χ4n) is 2.29. The Kier molecular flexibility index (Phi) is 3.56. The van der Waals surface area contributed by atoms with E-state index in [1.165, 1.54) is 16.5 Å². The van der Waals surface area contributed by atoms with Crippen molar-refractivity contribution in [3.05, 3.63) is 73.6 Å². The van der Waals surface area contributed by atoms with Crippen LogP contribution in [0.2, 0.25) is 10.0 Å². The number of thiazole rings is 1. The molecule has 2 aromatic heterocycles. The first-order chi connectivity index (χ1) is 11.1. The van der Waals surface area contributed by atoms with Crippen molar-refractivity contribution in [1.82, 2.24) is 14.8 Å². The topological polar surface area (TPSA) is 47.8 Å². The van der Waals surface area contributed by atoms with E-state index in [2.05, 4.69) is 22.2 Å². The number of hydrogen-bond donors (Lipinski definition) is 0. The van der Waals surface area contributed by atoms with Crippen LogP contribution >= 0.6 is 34.5 Å². The van der Waals surface area contributed by atoms with Crippen LogP contribution in [0.15, 0.2) is 53.0 Å². The first-order valence-corrected chi connectivity index (χ1v) is 8.39. The summed E-state index contributed by atoms with van der Waals surface area (Å²) in [7, 11) is 0. The zero-order valence-corrected chi connectivity index (χ0v) is 14.0. The van der Waals surface area contributed by atoms with Gasteiger partial charge in [-0.25, -0.2) is 4.98 Å². The normalized spacial score (nSPS) is 13.2. The molecule has 0 spiro atoms. The molecular weight excluding hydrogens is 353 g/mol. The zero-order chi connectivity index (χ0) is 16.0. The molecule has 1 aliphatic carbocycles. The van der Waals surface area contributed by atoms with Gasteiger partial charge in [0.15, 0.2) is 0 Å². The van der Waals surface area contributed by atoms with E-state index in [4.69, 9.17) is 23.2 Å². The largest absolute Gasteiger partial charge is 0.291 e. The minimum Gasteiger partial charge on any atom is -0.266 e. The van der Waals surface area contributed by atoms with Gasteiger partial charge < -0.3 is 0 Å². The number of rotatable bonds is 3. The molecule has 1 aliphatic rings. The molecule has 23 heavy (non-hydrogen) atoms. The Hall–Kier alpha value is -1.95. The molecule has 0 amide bonds. The maximum absolute atomic E-state index is 12.2. The number of fused-ring (bicyclic) bond motifs is 1. The second-order valence-corrected chi connectivity index (χ2v) is 6.96. The van der Waals surface area contributed by atoms with Crippen molar-refractivity contribution in [2.24, 2.45) is 0 Å². The summed E-state index contributed by atoms with van der Waals surface area (Å²) in [6.07, 6.45) is 8.37. The summed E-state index contributed by atoms with van der Waals surface area (Å²) in [5.41, 5.74) is 2.38. The highest BCUT2D eigenvalue weighted by Gasteiger charge is 2.12. The summed E-state index contributed by atoms with van der Waals surface area (Å²) in [5.74, 6) is 0. The first kappa shape index (κ1) is 14.6. The van der Waals surface area contributed by atoms with Crippen LogP contribution < -0.4 is 5.56 Å². The smallest absolute Gasteiger partial charge is 0.266 e. The summed E-state index contributed by atoms with van der Waals surface area (Å²) in [4.78, 5) is 16.8. The third-order valence-electron chi connectivity index (χ3n) is 3.51. The van der Waals surface area contributed by atoms with E-state index >= 15 is 0 Å². The van der Waals surface area contributed by atoms with Crippen LogP contribution in [0.1, 0.15) is 5.01 Å². The first-order valence-electron chi connectivity index (χ1n) is 6.82. The van der Waals surface area contributed by atoms with E-state index in [0.717, 1.165) is 21.6 Å². The summed E-state index contributed by atoms with van der Waals surface area (Å²) in [5, 5.41) is 5.21.